The average Bonchev–Trinajstić information content (AvgIpc) is 3.15. The number of fused-ring (bicyclic) bond motifs is 1. The highest BCUT2D eigenvalue weighted by Gasteiger charge is 2.23. The lowest BCUT2D eigenvalue weighted by molar-refractivity contribution is -0.117. The van der Waals surface area contributed by atoms with Gasteiger partial charge in [-0.1, -0.05) is 30.3 Å². The fraction of sp³-hybridized carbons (Fsp3) is 0.200. The number of rotatable bonds is 9. The Bertz CT molecular complexity index is 1570. The van der Waals surface area contributed by atoms with Crippen LogP contribution in [0.2, 0.25) is 0 Å². The van der Waals surface area contributed by atoms with Crippen molar-refractivity contribution in [1.29, 1.82) is 0 Å². The quantitative estimate of drug-likeness (QED) is 0.352. The number of ether oxygens (including phenoxy) is 1. The maximum atomic E-state index is 14.4. The van der Waals surface area contributed by atoms with Crippen LogP contribution in [-0.2, 0) is 27.8 Å². The second-order valence-corrected chi connectivity index (χ2v) is 9.99. The van der Waals surface area contributed by atoms with Crippen LogP contribution in [0.1, 0.15) is 23.1 Å². The zero-order valence-corrected chi connectivity index (χ0v) is 20.4. The minimum absolute atomic E-state index is 0.0826. The smallest absolute Gasteiger partial charge is 0.263 e. The number of methoxy groups -OCH3 is 1. The van der Waals surface area contributed by atoms with Gasteiger partial charge in [-0.15, -0.1) is 0 Å². The van der Waals surface area contributed by atoms with E-state index < -0.39 is 27.6 Å². The molecule has 1 amide bonds. The van der Waals surface area contributed by atoms with Gasteiger partial charge < -0.3 is 10.5 Å². The lowest BCUT2D eigenvalue weighted by atomic mass is 10.1. The Labute approximate surface area is 206 Å². The number of nitrogens with one attached hydrogen (secondary N) is 1. The Morgan fingerprint density at radius 2 is 1.86 bits per heavy atom. The van der Waals surface area contributed by atoms with Gasteiger partial charge in [0.15, 0.2) is 5.82 Å². The number of hydrogen-bond acceptors (Lipinski definition) is 5. The fourth-order valence-electron chi connectivity index (χ4n) is 3.84. The second-order valence-electron chi connectivity index (χ2n) is 8.31. The molecular formula is C25H24F2N4O4S. The van der Waals surface area contributed by atoms with Gasteiger partial charge in [-0.05, 0) is 42.2 Å². The number of aryl methyl sites for hydroxylation is 2. The summed E-state index contributed by atoms with van der Waals surface area (Å²) < 4.78 is 63.6. The third kappa shape index (κ3) is 5.30. The van der Waals surface area contributed by atoms with Crippen molar-refractivity contribution in [3.8, 4) is 5.75 Å². The molecule has 0 fully saturated rings. The summed E-state index contributed by atoms with van der Waals surface area (Å²) in [5.41, 5.74) is 7.51. The fourth-order valence-corrected chi connectivity index (χ4v) is 4.86. The highest BCUT2D eigenvalue weighted by molar-refractivity contribution is 7.92. The van der Waals surface area contributed by atoms with Gasteiger partial charge in [-0.2, -0.15) is 5.10 Å². The minimum Gasteiger partial charge on any atom is -0.496 e. The molecular weight excluding hydrogens is 490 g/mol. The summed E-state index contributed by atoms with van der Waals surface area (Å²) in [5.74, 6) is -1.67. The van der Waals surface area contributed by atoms with Gasteiger partial charge in [0.1, 0.15) is 17.4 Å². The zero-order valence-electron chi connectivity index (χ0n) is 19.6. The maximum Gasteiger partial charge on any atom is 0.263 e. The summed E-state index contributed by atoms with van der Waals surface area (Å²) >= 11 is 0. The lowest BCUT2D eigenvalue weighted by Crippen LogP contribution is -2.14. The number of hydrogen-bond donors (Lipinski definition) is 2. The molecule has 1 aromatic heterocycles. The van der Waals surface area contributed by atoms with E-state index in [4.69, 9.17) is 10.5 Å². The Morgan fingerprint density at radius 3 is 2.56 bits per heavy atom. The number of sulfonamides is 1. The Balaban J connectivity index is 1.76. The summed E-state index contributed by atoms with van der Waals surface area (Å²) in [4.78, 5) is 10.8. The molecule has 0 saturated heterocycles. The number of carbonyl (C=O) groups excluding carboxylic acids is 1. The van der Waals surface area contributed by atoms with Crippen LogP contribution in [0.4, 0.5) is 14.6 Å². The minimum atomic E-state index is -4.22. The van der Waals surface area contributed by atoms with Crippen molar-refractivity contribution < 1.29 is 26.7 Å². The standard InChI is InChI=1S/C25H24F2N4O4S/c1-15-6-8-19(13-20(15)27)36(33,34)30-25-24-21(11-18(26)12-22(24)35-2)31(29-25)14-17-5-3-4-16(10-17)7-9-23(28)32/h3-6,8,10-13H,7,9,14H2,1-2H3,(H2,28,32)(H,29,30). The van der Waals surface area contributed by atoms with E-state index in [0.717, 1.165) is 23.3 Å². The first-order valence-electron chi connectivity index (χ1n) is 11.0. The van der Waals surface area contributed by atoms with Crippen molar-refractivity contribution in [3.05, 3.63) is 82.9 Å². The normalized spacial score (nSPS) is 11.6. The zero-order chi connectivity index (χ0) is 26.0. The van der Waals surface area contributed by atoms with E-state index in [-0.39, 0.29) is 34.8 Å². The molecule has 4 aromatic rings. The third-order valence-corrected chi connectivity index (χ3v) is 7.01. The number of primary amides is 1. The lowest BCUT2D eigenvalue weighted by Gasteiger charge is -2.08. The molecule has 3 N–H and O–H groups in total. The largest absolute Gasteiger partial charge is 0.496 e. The Kier molecular flexibility index (Phi) is 6.93. The monoisotopic (exact) mass is 514 g/mol. The molecule has 0 atom stereocenters. The molecule has 8 nitrogen and oxygen atoms in total. The van der Waals surface area contributed by atoms with Gasteiger partial charge >= 0.3 is 0 Å². The number of aromatic nitrogens is 2. The molecule has 0 aliphatic carbocycles. The molecule has 0 spiro atoms. The van der Waals surface area contributed by atoms with Crippen molar-refractivity contribution in [1.82, 2.24) is 9.78 Å². The Hall–Kier alpha value is -3.99. The van der Waals surface area contributed by atoms with Gasteiger partial charge in [0.25, 0.3) is 10.0 Å². The van der Waals surface area contributed by atoms with Crippen LogP contribution in [0.5, 0.6) is 5.75 Å². The summed E-state index contributed by atoms with van der Waals surface area (Å²) in [6.07, 6.45) is 0.658. The van der Waals surface area contributed by atoms with Crippen molar-refractivity contribution >= 4 is 32.7 Å². The van der Waals surface area contributed by atoms with E-state index in [1.165, 1.54) is 36.9 Å². The van der Waals surface area contributed by atoms with E-state index in [9.17, 15) is 22.0 Å². The summed E-state index contributed by atoms with van der Waals surface area (Å²) in [7, 11) is -2.89. The first-order chi connectivity index (χ1) is 17.1. The molecule has 1 heterocycles. The average molecular weight is 515 g/mol. The van der Waals surface area contributed by atoms with Crippen molar-refractivity contribution in [3.63, 3.8) is 0 Å². The van der Waals surface area contributed by atoms with E-state index >= 15 is 0 Å². The first-order valence-corrected chi connectivity index (χ1v) is 12.4. The van der Waals surface area contributed by atoms with Gasteiger partial charge in [0.2, 0.25) is 5.91 Å². The molecule has 188 valence electrons. The van der Waals surface area contributed by atoms with Crippen LogP contribution in [0, 0.1) is 18.6 Å². The summed E-state index contributed by atoms with van der Waals surface area (Å²) in [6, 6.07) is 13.3. The molecule has 4 rings (SSSR count). The van der Waals surface area contributed by atoms with Crippen LogP contribution >= 0.6 is 0 Å². The number of nitrogens with zero attached hydrogens (tertiary/aromatic N) is 2. The summed E-state index contributed by atoms with van der Waals surface area (Å²) in [6.45, 7) is 1.70. The van der Waals surface area contributed by atoms with Crippen LogP contribution in [-0.4, -0.2) is 31.2 Å². The SMILES string of the molecule is COc1cc(F)cc2c1c(NS(=O)(=O)c1ccc(C)c(F)c1)nn2Cc1cccc(CCC(N)=O)c1. The number of amides is 1. The van der Waals surface area contributed by atoms with Crippen LogP contribution in [0.3, 0.4) is 0 Å². The van der Waals surface area contributed by atoms with Crippen molar-refractivity contribution in [2.45, 2.75) is 31.2 Å². The molecule has 0 radical (unpaired) electrons. The van der Waals surface area contributed by atoms with Crippen molar-refractivity contribution in [2.24, 2.45) is 5.73 Å². The number of carbonyl (C=O) groups is 1. The maximum absolute atomic E-state index is 14.4. The van der Waals surface area contributed by atoms with Crippen molar-refractivity contribution in [2.75, 3.05) is 11.8 Å². The Morgan fingerprint density at radius 1 is 1.11 bits per heavy atom. The first kappa shape index (κ1) is 25.1. The number of halogens is 2. The van der Waals surface area contributed by atoms with Gasteiger partial charge in [-0.3, -0.25) is 14.2 Å². The molecule has 36 heavy (non-hydrogen) atoms. The van der Waals surface area contributed by atoms with Crippen LogP contribution in [0.15, 0.2) is 59.5 Å². The number of benzene rings is 3. The topological polar surface area (TPSA) is 116 Å². The highest BCUT2D eigenvalue weighted by Crippen LogP contribution is 2.35. The van der Waals surface area contributed by atoms with E-state index in [1.807, 2.05) is 24.3 Å². The highest BCUT2D eigenvalue weighted by atomic mass is 32.2. The van der Waals surface area contributed by atoms with Crippen LogP contribution in [0.25, 0.3) is 10.9 Å². The van der Waals surface area contributed by atoms with E-state index in [0.29, 0.717) is 17.5 Å². The molecule has 3 aromatic carbocycles. The number of nitrogens with two attached hydrogens (primary N) is 1. The number of anilines is 1. The van der Waals surface area contributed by atoms with Gasteiger partial charge in [0, 0.05) is 18.6 Å². The van der Waals surface area contributed by atoms with Crippen LogP contribution < -0.4 is 15.2 Å². The predicted octanol–water partition coefficient (Wildman–Crippen LogP) is 3.90. The predicted molar refractivity (Wildman–Crippen MR) is 131 cm³/mol. The molecule has 0 aliphatic rings. The van der Waals surface area contributed by atoms with Gasteiger partial charge in [0.05, 0.1) is 29.5 Å². The van der Waals surface area contributed by atoms with E-state index in [2.05, 4.69) is 9.82 Å². The molecule has 0 bridgehead atoms. The molecule has 0 unspecified atom stereocenters. The molecule has 0 aliphatic heterocycles. The summed E-state index contributed by atoms with van der Waals surface area (Å²) in [5, 5.41) is 4.65. The third-order valence-electron chi connectivity index (χ3n) is 5.67. The second kappa shape index (κ2) is 9.94. The van der Waals surface area contributed by atoms with Gasteiger partial charge in [-0.25, -0.2) is 17.2 Å². The van der Waals surface area contributed by atoms with E-state index in [1.54, 1.807) is 0 Å². The molecule has 11 heteroatoms. The molecule has 0 saturated carbocycles.